The second-order valence-electron chi connectivity index (χ2n) is 4.33. The van der Waals surface area contributed by atoms with Gasteiger partial charge in [0.25, 0.3) is 5.89 Å². The van der Waals surface area contributed by atoms with Crippen LogP contribution >= 0.6 is 0 Å². The van der Waals surface area contributed by atoms with E-state index in [1.54, 1.807) is 12.4 Å². The predicted molar refractivity (Wildman–Crippen MR) is 73.4 cm³/mol. The topological polar surface area (TPSA) is 90.7 Å². The van der Waals surface area contributed by atoms with Crippen molar-refractivity contribution in [2.24, 2.45) is 5.73 Å². The molecule has 0 aliphatic rings. The number of nitrogens with two attached hydrogens (primary N) is 1. The highest BCUT2D eigenvalue weighted by Crippen LogP contribution is 2.22. The molecule has 0 unspecified atom stereocenters. The maximum atomic E-state index is 5.57. The van der Waals surface area contributed by atoms with Crippen LogP contribution in [0.25, 0.3) is 23.0 Å². The SMILES string of the molecule is Cc1cccnc1-c1noc(-c2ccnc(CN)c2)n1. The summed E-state index contributed by atoms with van der Waals surface area (Å²) < 4.78 is 5.29. The first-order chi connectivity index (χ1) is 9.78. The molecule has 0 aromatic carbocycles. The highest BCUT2D eigenvalue weighted by Gasteiger charge is 2.13. The van der Waals surface area contributed by atoms with Crippen LogP contribution in [0, 0.1) is 6.92 Å². The van der Waals surface area contributed by atoms with E-state index in [1.165, 1.54) is 0 Å². The van der Waals surface area contributed by atoms with Crippen molar-refractivity contribution in [2.45, 2.75) is 13.5 Å². The Kier molecular flexibility index (Phi) is 3.22. The van der Waals surface area contributed by atoms with Crippen LogP contribution in [0.1, 0.15) is 11.3 Å². The molecular weight excluding hydrogens is 254 g/mol. The lowest BCUT2D eigenvalue weighted by molar-refractivity contribution is 0.432. The van der Waals surface area contributed by atoms with Crippen LogP contribution in [0.3, 0.4) is 0 Å². The quantitative estimate of drug-likeness (QED) is 0.780. The van der Waals surface area contributed by atoms with E-state index in [0.717, 1.165) is 22.5 Å². The average molecular weight is 267 g/mol. The first-order valence-electron chi connectivity index (χ1n) is 6.19. The summed E-state index contributed by atoms with van der Waals surface area (Å²) in [5.74, 6) is 0.909. The standard InChI is InChI=1S/C14H13N5O/c1-9-3-2-5-17-12(9)13-18-14(20-19-13)10-4-6-16-11(7-10)8-15/h2-7H,8,15H2,1H3. The van der Waals surface area contributed by atoms with E-state index >= 15 is 0 Å². The Hall–Kier alpha value is -2.60. The van der Waals surface area contributed by atoms with Gasteiger partial charge in [0.1, 0.15) is 5.69 Å². The van der Waals surface area contributed by atoms with Crippen molar-refractivity contribution in [3.05, 3.63) is 47.9 Å². The van der Waals surface area contributed by atoms with Gasteiger partial charge in [0.15, 0.2) is 0 Å². The molecule has 0 atom stereocenters. The zero-order valence-electron chi connectivity index (χ0n) is 10.9. The Balaban J connectivity index is 2.00. The minimum absolute atomic E-state index is 0.369. The summed E-state index contributed by atoms with van der Waals surface area (Å²) in [5.41, 5.74) is 8.86. The zero-order valence-corrected chi connectivity index (χ0v) is 10.9. The number of nitrogens with zero attached hydrogens (tertiary/aromatic N) is 4. The summed E-state index contributed by atoms with van der Waals surface area (Å²) in [6.45, 7) is 2.32. The number of aromatic nitrogens is 4. The minimum Gasteiger partial charge on any atom is -0.334 e. The van der Waals surface area contributed by atoms with Gasteiger partial charge in [-0.2, -0.15) is 4.98 Å². The van der Waals surface area contributed by atoms with Crippen molar-refractivity contribution in [1.82, 2.24) is 20.1 Å². The zero-order chi connectivity index (χ0) is 13.9. The molecule has 3 aromatic heterocycles. The molecule has 6 heteroatoms. The van der Waals surface area contributed by atoms with Crippen LogP contribution in [0.2, 0.25) is 0 Å². The van der Waals surface area contributed by atoms with Crippen LogP contribution in [0.4, 0.5) is 0 Å². The van der Waals surface area contributed by atoms with Crippen LogP contribution in [-0.4, -0.2) is 20.1 Å². The van der Waals surface area contributed by atoms with E-state index < -0.39 is 0 Å². The monoisotopic (exact) mass is 267 g/mol. The largest absolute Gasteiger partial charge is 0.334 e. The second kappa shape index (κ2) is 5.18. The molecule has 0 fully saturated rings. The summed E-state index contributed by atoms with van der Waals surface area (Å²) in [7, 11) is 0. The van der Waals surface area contributed by atoms with Gasteiger partial charge in [-0.25, -0.2) is 0 Å². The summed E-state index contributed by atoms with van der Waals surface area (Å²) in [4.78, 5) is 12.8. The third kappa shape index (κ3) is 2.28. The molecule has 3 aromatic rings. The van der Waals surface area contributed by atoms with Crippen molar-refractivity contribution in [1.29, 1.82) is 0 Å². The van der Waals surface area contributed by atoms with Gasteiger partial charge in [0, 0.05) is 24.5 Å². The Morgan fingerprint density at radius 2 is 2.10 bits per heavy atom. The smallest absolute Gasteiger partial charge is 0.258 e. The van der Waals surface area contributed by atoms with Crippen molar-refractivity contribution in [3.63, 3.8) is 0 Å². The first kappa shape index (κ1) is 12.4. The molecule has 3 heterocycles. The van der Waals surface area contributed by atoms with Gasteiger partial charge in [-0.3, -0.25) is 9.97 Å². The van der Waals surface area contributed by atoms with E-state index in [0.29, 0.717) is 18.3 Å². The highest BCUT2D eigenvalue weighted by atomic mass is 16.5. The molecule has 0 saturated carbocycles. The minimum atomic E-state index is 0.369. The van der Waals surface area contributed by atoms with E-state index in [4.69, 9.17) is 10.3 Å². The lowest BCUT2D eigenvalue weighted by atomic mass is 10.2. The molecule has 100 valence electrons. The van der Waals surface area contributed by atoms with Crippen LogP contribution in [0.15, 0.2) is 41.2 Å². The highest BCUT2D eigenvalue weighted by molar-refractivity contribution is 5.59. The molecule has 20 heavy (non-hydrogen) atoms. The Morgan fingerprint density at radius 3 is 2.90 bits per heavy atom. The Morgan fingerprint density at radius 1 is 1.20 bits per heavy atom. The number of hydrogen-bond donors (Lipinski definition) is 1. The lowest BCUT2D eigenvalue weighted by Gasteiger charge is -1.98. The molecular formula is C14H13N5O. The lowest BCUT2D eigenvalue weighted by Crippen LogP contribution is -1.99. The fourth-order valence-electron chi connectivity index (χ4n) is 1.88. The first-order valence-corrected chi connectivity index (χ1v) is 6.19. The van der Waals surface area contributed by atoms with E-state index in [1.807, 2.05) is 31.2 Å². The van der Waals surface area contributed by atoms with Gasteiger partial charge in [-0.1, -0.05) is 11.2 Å². The molecule has 0 saturated heterocycles. The van der Waals surface area contributed by atoms with Gasteiger partial charge in [0.05, 0.1) is 5.69 Å². The maximum Gasteiger partial charge on any atom is 0.258 e. The molecule has 0 amide bonds. The predicted octanol–water partition coefficient (Wildman–Crippen LogP) is 1.96. The maximum absolute atomic E-state index is 5.57. The summed E-state index contributed by atoms with van der Waals surface area (Å²) >= 11 is 0. The van der Waals surface area contributed by atoms with Crippen molar-refractivity contribution in [3.8, 4) is 23.0 Å². The molecule has 0 aliphatic carbocycles. The van der Waals surface area contributed by atoms with Crippen LogP contribution < -0.4 is 5.73 Å². The van der Waals surface area contributed by atoms with Gasteiger partial charge in [-0.15, -0.1) is 0 Å². The number of pyridine rings is 2. The number of aryl methyl sites for hydroxylation is 1. The van der Waals surface area contributed by atoms with Gasteiger partial charge in [0.2, 0.25) is 5.82 Å². The van der Waals surface area contributed by atoms with E-state index in [2.05, 4.69) is 20.1 Å². The summed E-state index contributed by atoms with van der Waals surface area (Å²) in [6, 6.07) is 7.47. The van der Waals surface area contributed by atoms with Crippen molar-refractivity contribution in [2.75, 3.05) is 0 Å². The third-order valence-electron chi connectivity index (χ3n) is 2.92. The molecule has 2 N–H and O–H groups in total. The summed E-state index contributed by atoms with van der Waals surface area (Å²) in [5, 5.41) is 3.98. The average Bonchev–Trinajstić information content (AvgIpc) is 2.97. The van der Waals surface area contributed by atoms with E-state index in [9.17, 15) is 0 Å². The molecule has 0 aliphatic heterocycles. The normalized spacial score (nSPS) is 10.7. The Bertz CT molecular complexity index is 738. The molecule has 6 nitrogen and oxygen atoms in total. The Labute approximate surface area is 115 Å². The van der Waals surface area contributed by atoms with Gasteiger partial charge in [-0.05, 0) is 30.7 Å². The van der Waals surface area contributed by atoms with Crippen LogP contribution in [0.5, 0.6) is 0 Å². The molecule has 3 rings (SSSR count). The third-order valence-corrected chi connectivity index (χ3v) is 2.92. The van der Waals surface area contributed by atoms with E-state index in [-0.39, 0.29) is 0 Å². The fourth-order valence-corrected chi connectivity index (χ4v) is 1.88. The summed E-state index contributed by atoms with van der Waals surface area (Å²) in [6.07, 6.45) is 3.38. The second-order valence-corrected chi connectivity index (χ2v) is 4.33. The van der Waals surface area contributed by atoms with Gasteiger partial charge < -0.3 is 10.3 Å². The molecule has 0 spiro atoms. The number of rotatable bonds is 3. The fraction of sp³-hybridized carbons (Fsp3) is 0.143. The molecule has 0 bridgehead atoms. The van der Waals surface area contributed by atoms with Crippen molar-refractivity contribution < 1.29 is 4.52 Å². The van der Waals surface area contributed by atoms with Crippen LogP contribution in [-0.2, 0) is 6.54 Å². The van der Waals surface area contributed by atoms with Crippen molar-refractivity contribution >= 4 is 0 Å². The number of hydrogen-bond acceptors (Lipinski definition) is 6. The van der Waals surface area contributed by atoms with Gasteiger partial charge >= 0.3 is 0 Å². The molecule has 0 radical (unpaired) electrons.